The molecule has 0 saturated heterocycles. The second-order valence-corrected chi connectivity index (χ2v) is 0. The second-order valence-electron chi connectivity index (χ2n) is 0. The first-order valence-electron chi connectivity index (χ1n) is 0. The van der Waals surface area contributed by atoms with Crippen LogP contribution in [0.2, 0.25) is 0 Å². The average Bonchev–Trinajstić information content (AvgIpc) is 0. The number of hydrogen-bond donors (Lipinski definition) is 0. The van der Waals surface area contributed by atoms with E-state index >= 15 is 0 Å². The maximum absolute atomic E-state index is 0. The number of hydrogen-bond acceptors (Lipinski definition) is 0. The van der Waals surface area contributed by atoms with Crippen molar-refractivity contribution in [2.75, 3.05) is 0 Å². The van der Waals surface area contributed by atoms with Crippen molar-refractivity contribution in [2.24, 2.45) is 0 Å². The van der Waals surface area contributed by atoms with E-state index in [0.29, 0.717) is 0 Å². The fourth-order valence-corrected chi connectivity index (χ4v) is 0. The van der Waals surface area contributed by atoms with E-state index < -0.39 is 0 Å². The Kier molecular flexibility index (Phi) is 165. The Labute approximate surface area is 72.3 Å². The quantitative estimate of drug-likeness (QED) is 0.468. The van der Waals surface area contributed by atoms with E-state index in [1.807, 2.05) is 0 Å². The van der Waals surface area contributed by atoms with Crippen molar-refractivity contribution < 1.29 is 47.3 Å². The van der Waals surface area contributed by atoms with E-state index in [0.717, 1.165) is 0 Å². The van der Waals surface area contributed by atoms with Crippen LogP contribution >= 0.6 is 0 Å². The number of rotatable bonds is 0. The van der Waals surface area contributed by atoms with Crippen LogP contribution < -0.4 is 0 Å². The summed E-state index contributed by atoms with van der Waals surface area (Å²) in [5, 5.41) is 0. The molecule has 1 radical (unpaired) electrons. The molecule has 19 valence electrons. The molecule has 0 atom stereocenters. The smallest absolute Gasteiger partial charge is 2.00 e. The summed E-state index contributed by atoms with van der Waals surface area (Å²) in [5.74, 6) is 0. The van der Waals surface area contributed by atoms with Gasteiger partial charge in [-0.05, 0) is 0 Å². The van der Waals surface area contributed by atoms with E-state index in [4.69, 9.17) is 0 Å². The van der Waals surface area contributed by atoms with Crippen LogP contribution in [0.4, 0.5) is 0 Å². The molecule has 1 nitrogen and oxygen atoms in total. The van der Waals surface area contributed by atoms with Crippen LogP contribution in [0.15, 0.2) is 0 Å². The molecule has 0 fully saturated rings. The Morgan fingerprint density at radius 1 is 1.00 bits per heavy atom. The molecule has 0 aromatic heterocycles. The minimum absolute atomic E-state index is 0. The molecule has 0 spiro atoms. The van der Waals surface area contributed by atoms with Gasteiger partial charge < -0.3 is 5.48 Å². The molecular formula is H3InOTaZn. The molecule has 0 aromatic carbocycles. The summed E-state index contributed by atoms with van der Waals surface area (Å²) < 4.78 is 0. The molecule has 0 aliphatic heterocycles. The van der Waals surface area contributed by atoms with Crippen LogP contribution in [0, 0.1) is 0 Å². The molecule has 0 aromatic rings. The molecule has 0 aliphatic carbocycles. The van der Waals surface area contributed by atoms with E-state index in [1.165, 1.54) is 0 Å². The summed E-state index contributed by atoms with van der Waals surface area (Å²) in [6.07, 6.45) is 0. The first-order valence-corrected chi connectivity index (χ1v) is 0. The molecule has 0 amide bonds. The molecule has 0 aliphatic rings. The Bertz CT molecular complexity index is 8.00. The van der Waals surface area contributed by atoms with Crippen molar-refractivity contribution in [1.29, 1.82) is 0 Å². The molecule has 0 N–H and O–H groups in total. The Hall–Kier alpha value is 2.19. The van der Waals surface area contributed by atoms with Gasteiger partial charge in [-0.2, -0.15) is 0 Å². The van der Waals surface area contributed by atoms with Gasteiger partial charge in [-0.25, -0.2) is 0 Å². The maximum atomic E-state index is 0. The predicted octanol–water partition coefficient (Wildman–Crippen LogP) is -1.31. The summed E-state index contributed by atoms with van der Waals surface area (Å²) in [4.78, 5) is 0. The fourth-order valence-electron chi connectivity index (χ4n) is 0. The van der Waals surface area contributed by atoms with Gasteiger partial charge in [0.2, 0.25) is 0 Å². The van der Waals surface area contributed by atoms with Crippen molar-refractivity contribution in [3.05, 3.63) is 0 Å². The minimum Gasteiger partial charge on any atom is -2.00 e. The van der Waals surface area contributed by atoms with E-state index in [1.54, 1.807) is 0 Å². The third-order valence-electron chi connectivity index (χ3n) is 0. The summed E-state index contributed by atoms with van der Waals surface area (Å²) in [6.45, 7) is 0. The third-order valence-corrected chi connectivity index (χ3v) is 0. The second kappa shape index (κ2) is 19.0. The van der Waals surface area contributed by atoms with Gasteiger partial charge in [-0.1, -0.05) is 0 Å². The Balaban J connectivity index is 0. The molecular weight excluding hydrogens is 377 g/mol. The fraction of sp³-hybridized carbons (Fsp3) is 0. The Morgan fingerprint density at radius 3 is 1.00 bits per heavy atom. The zero-order valence-corrected chi connectivity index (χ0v) is 7.74. The van der Waals surface area contributed by atoms with Crippen LogP contribution in [0.25, 0.3) is 0 Å². The normalized spacial score (nSPS) is 0. The summed E-state index contributed by atoms with van der Waals surface area (Å²) in [7, 11) is 0. The van der Waals surface area contributed by atoms with Gasteiger partial charge in [0.25, 0.3) is 0 Å². The van der Waals surface area contributed by atoms with Crippen LogP contribution in [0.5, 0.6) is 0 Å². The molecule has 0 heterocycles. The standard InChI is InChI=1S/In.O.Ta.Zn.3H/q;-2;;+2;;;. The van der Waals surface area contributed by atoms with Crippen LogP contribution in [-0.4, -0.2) is 25.8 Å². The third kappa shape index (κ3) is 8.89. The predicted molar refractivity (Wildman–Crippen MR) is 10.6 cm³/mol. The van der Waals surface area contributed by atoms with Gasteiger partial charge in [0, 0.05) is 22.4 Å². The molecule has 0 rings (SSSR count). The SMILES string of the molecule is [InH3].[O-2].[Ta].[Zn+2]. The molecule has 0 bridgehead atoms. The molecule has 4 heavy (non-hydrogen) atoms. The van der Waals surface area contributed by atoms with Crippen LogP contribution in [0.1, 0.15) is 0 Å². The van der Waals surface area contributed by atoms with E-state index in [9.17, 15) is 0 Å². The molecule has 4 heteroatoms. The average molecular weight is 380 g/mol. The van der Waals surface area contributed by atoms with Crippen molar-refractivity contribution >= 4 is 25.8 Å². The Morgan fingerprint density at radius 2 is 1.00 bits per heavy atom. The zero-order chi connectivity index (χ0) is 0. The van der Waals surface area contributed by atoms with Crippen molar-refractivity contribution in [3.8, 4) is 0 Å². The van der Waals surface area contributed by atoms with Gasteiger partial charge in [0.1, 0.15) is 0 Å². The molecule has 0 saturated carbocycles. The minimum atomic E-state index is 0. The topological polar surface area (TPSA) is 28.5 Å². The monoisotopic (exact) mass is 379 g/mol. The van der Waals surface area contributed by atoms with Crippen molar-refractivity contribution in [3.63, 3.8) is 0 Å². The van der Waals surface area contributed by atoms with Crippen molar-refractivity contribution in [2.45, 2.75) is 0 Å². The first kappa shape index (κ1) is 34.7. The summed E-state index contributed by atoms with van der Waals surface area (Å²) >= 11 is 0. The van der Waals surface area contributed by atoms with E-state index in [2.05, 4.69) is 0 Å². The van der Waals surface area contributed by atoms with E-state index in [-0.39, 0.29) is 73.2 Å². The zero-order valence-electron chi connectivity index (χ0n) is 1.56. The van der Waals surface area contributed by atoms with Gasteiger partial charge >= 0.3 is 45.3 Å². The van der Waals surface area contributed by atoms with Gasteiger partial charge in [0.15, 0.2) is 0 Å². The van der Waals surface area contributed by atoms with Gasteiger partial charge in [0.05, 0.1) is 0 Å². The van der Waals surface area contributed by atoms with Crippen molar-refractivity contribution in [1.82, 2.24) is 0 Å². The summed E-state index contributed by atoms with van der Waals surface area (Å²) in [5.41, 5.74) is 0. The van der Waals surface area contributed by atoms with Gasteiger partial charge in [-0.15, -0.1) is 0 Å². The maximum Gasteiger partial charge on any atom is 2.00 e. The molecule has 0 unspecified atom stereocenters. The largest absolute Gasteiger partial charge is 2.00 e. The van der Waals surface area contributed by atoms with Crippen LogP contribution in [0.3, 0.4) is 0 Å². The summed E-state index contributed by atoms with van der Waals surface area (Å²) in [6, 6.07) is 0. The first-order chi connectivity index (χ1) is 0. The van der Waals surface area contributed by atoms with Gasteiger partial charge in [-0.3, -0.25) is 0 Å². The van der Waals surface area contributed by atoms with Crippen LogP contribution in [-0.2, 0) is 47.3 Å².